The van der Waals surface area contributed by atoms with Crippen LogP contribution in [-0.2, 0) is 0 Å². The zero-order valence-corrected chi connectivity index (χ0v) is 15.4. The Kier molecular flexibility index (Phi) is 6.39. The molecule has 0 aliphatic heterocycles. The Morgan fingerprint density at radius 2 is 1.62 bits per heavy atom. The van der Waals surface area contributed by atoms with Crippen LogP contribution in [0.5, 0.6) is 5.75 Å². The fourth-order valence-electron chi connectivity index (χ4n) is 2.85. The molecule has 26 heavy (non-hydrogen) atoms. The fraction of sp³-hybridized carbons (Fsp3) is 0.333. The second-order valence-corrected chi connectivity index (χ2v) is 6.62. The first-order valence-electron chi connectivity index (χ1n) is 8.80. The van der Waals surface area contributed by atoms with Crippen LogP contribution < -0.4 is 4.90 Å². The number of hydrogen-bond donors (Lipinski definition) is 2. The third kappa shape index (κ3) is 4.23. The topological polar surface area (TPSA) is 77.8 Å². The largest absolute Gasteiger partial charge is 0.505 e. The van der Waals surface area contributed by atoms with Gasteiger partial charge < -0.3 is 15.1 Å². The van der Waals surface area contributed by atoms with Gasteiger partial charge in [-0.15, -0.1) is 0 Å². The van der Waals surface area contributed by atoms with Gasteiger partial charge >= 0.3 is 5.97 Å². The van der Waals surface area contributed by atoms with Gasteiger partial charge in [0, 0.05) is 18.7 Å². The van der Waals surface area contributed by atoms with Gasteiger partial charge in [0.05, 0.1) is 16.8 Å². The minimum absolute atomic E-state index is 0.0673. The van der Waals surface area contributed by atoms with Gasteiger partial charge in [0.15, 0.2) is 5.78 Å². The smallest absolute Gasteiger partial charge is 0.336 e. The summed E-state index contributed by atoms with van der Waals surface area (Å²) in [6.07, 6.45) is 0.966. The maximum absolute atomic E-state index is 12.9. The predicted molar refractivity (Wildman–Crippen MR) is 102 cm³/mol. The van der Waals surface area contributed by atoms with E-state index in [1.54, 1.807) is 24.3 Å². The van der Waals surface area contributed by atoms with Crippen molar-refractivity contribution in [1.82, 2.24) is 0 Å². The number of aromatic carboxylic acids is 1. The van der Waals surface area contributed by atoms with Crippen molar-refractivity contribution in [3.63, 3.8) is 0 Å². The Labute approximate surface area is 153 Å². The van der Waals surface area contributed by atoms with Gasteiger partial charge in [-0.05, 0) is 37.5 Å². The molecule has 0 heterocycles. The van der Waals surface area contributed by atoms with E-state index in [1.807, 2.05) is 11.8 Å². The minimum atomic E-state index is -1.17. The highest BCUT2D eigenvalue weighted by Crippen LogP contribution is 2.33. The molecule has 5 nitrogen and oxygen atoms in total. The number of carboxylic acids is 1. The van der Waals surface area contributed by atoms with E-state index in [2.05, 4.69) is 13.8 Å². The zero-order chi connectivity index (χ0) is 19.3. The van der Waals surface area contributed by atoms with Crippen LogP contribution in [0.4, 0.5) is 5.69 Å². The van der Waals surface area contributed by atoms with Gasteiger partial charge in [-0.1, -0.05) is 38.1 Å². The maximum atomic E-state index is 12.9. The number of carbonyl (C=O) groups excluding carboxylic acids is 1. The Hall–Kier alpha value is -2.82. The molecule has 2 aromatic rings. The molecule has 0 aromatic heterocycles. The first kappa shape index (κ1) is 19.5. The lowest BCUT2D eigenvalue weighted by molar-refractivity contribution is 0.0692. The molecule has 0 saturated heterocycles. The number of carbonyl (C=O) groups is 2. The summed E-state index contributed by atoms with van der Waals surface area (Å²) in [5.41, 5.74) is 0.693. The number of para-hydroxylation sites is 1. The predicted octanol–water partition coefficient (Wildman–Crippen LogP) is 4.19. The first-order valence-corrected chi connectivity index (χ1v) is 8.80. The van der Waals surface area contributed by atoms with Crippen LogP contribution >= 0.6 is 0 Å². The van der Waals surface area contributed by atoms with E-state index in [0.29, 0.717) is 18.2 Å². The summed E-state index contributed by atoms with van der Waals surface area (Å²) in [5.74, 6) is -1.25. The van der Waals surface area contributed by atoms with E-state index in [9.17, 15) is 19.8 Å². The van der Waals surface area contributed by atoms with Crippen molar-refractivity contribution in [3.05, 3.63) is 59.2 Å². The van der Waals surface area contributed by atoms with Gasteiger partial charge in [0.25, 0.3) is 0 Å². The quantitative estimate of drug-likeness (QED) is 0.694. The van der Waals surface area contributed by atoms with E-state index < -0.39 is 11.8 Å². The Bertz CT molecular complexity index is 798. The van der Waals surface area contributed by atoms with Crippen LogP contribution in [0, 0.1) is 5.92 Å². The molecule has 0 fully saturated rings. The monoisotopic (exact) mass is 355 g/mol. The fourth-order valence-corrected chi connectivity index (χ4v) is 2.85. The number of phenolic OH excluding ortho intramolecular Hbond substituents is 1. The van der Waals surface area contributed by atoms with Crippen LogP contribution in [0.1, 0.15) is 53.5 Å². The molecule has 0 bridgehead atoms. The maximum Gasteiger partial charge on any atom is 0.336 e. The normalized spacial score (nSPS) is 10.8. The van der Waals surface area contributed by atoms with Crippen molar-refractivity contribution >= 4 is 17.4 Å². The standard InChI is InChI=1S/C21H25NO4/c1-4-22(13-12-14(2)3)18-11-7-10-17(20(18)24)19(23)15-8-5-6-9-16(15)21(25)26/h5-11,14,24H,4,12-13H2,1-3H3,(H,25,26). The van der Waals surface area contributed by atoms with Crippen molar-refractivity contribution in [1.29, 1.82) is 0 Å². The van der Waals surface area contributed by atoms with Crippen LogP contribution in [0.25, 0.3) is 0 Å². The number of anilines is 1. The molecule has 0 aliphatic rings. The second-order valence-electron chi connectivity index (χ2n) is 6.62. The lowest BCUT2D eigenvalue weighted by atomic mass is 9.97. The molecule has 5 heteroatoms. The molecule has 0 amide bonds. The summed E-state index contributed by atoms with van der Waals surface area (Å²) >= 11 is 0. The molecular weight excluding hydrogens is 330 g/mol. The first-order chi connectivity index (χ1) is 12.4. The number of hydrogen-bond acceptors (Lipinski definition) is 4. The van der Waals surface area contributed by atoms with Gasteiger partial charge in [-0.25, -0.2) is 4.79 Å². The van der Waals surface area contributed by atoms with E-state index >= 15 is 0 Å². The van der Waals surface area contributed by atoms with E-state index in [-0.39, 0.29) is 22.4 Å². The average Bonchev–Trinajstić information content (AvgIpc) is 2.62. The van der Waals surface area contributed by atoms with Gasteiger partial charge in [-0.2, -0.15) is 0 Å². The third-order valence-corrected chi connectivity index (χ3v) is 4.36. The number of nitrogens with zero attached hydrogens (tertiary/aromatic N) is 1. The number of benzene rings is 2. The molecule has 0 aliphatic carbocycles. The van der Waals surface area contributed by atoms with Crippen molar-refractivity contribution < 1.29 is 19.8 Å². The molecule has 138 valence electrons. The summed E-state index contributed by atoms with van der Waals surface area (Å²) in [6, 6.07) is 11.0. The van der Waals surface area contributed by atoms with E-state index in [0.717, 1.165) is 13.0 Å². The highest BCUT2D eigenvalue weighted by atomic mass is 16.4. The number of carboxylic acid groups (broad SMARTS) is 1. The van der Waals surface area contributed by atoms with Crippen LogP contribution in [-0.4, -0.2) is 35.1 Å². The number of rotatable bonds is 8. The Balaban J connectivity index is 2.43. The highest BCUT2D eigenvalue weighted by Gasteiger charge is 2.22. The van der Waals surface area contributed by atoms with Crippen LogP contribution in [0.15, 0.2) is 42.5 Å². The molecule has 0 atom stereocenters. The number of ketones is 1. The lowest BCUT2D eigenvalue weighted by Gasteiger charge is -2.25. The molecule has 0 unspecified atom stereocenters. The number of aromatic hydroxyl groups is 1. The molecule has 0 radical (unpaired) electrons. The van der Waals surface area contributed by atoms with Crippen LogP contribution in [0.2, 0.25) is 0 Å². The van der Waals surface area contributed by atoms with Crippen LogP contribution in [0.3, 0.4) is 0 Å². The summed E-state index contributed by atoms with van der Waals surface area (Å²) in [5, 5.41) is 20.0. The Morgan fingerprint density at radius 1 is 1.00 bits per heavy atom. The lowest BCUT2D eigenvalue weighted by Crippen LogP contribution is -2.25. The summed E-state index contributed by atoms with van der Waals surface area (Å²) in [7, 11) is 0. The van der Waals surface area contributed by atoms with E-state index in [1.165, 1.54) is 18.2 Å². The summed E-state index contributed by atoms with van der Waals surface area (Å²) in [4.78, 5) is 26.3. The van der Waals surface area contributed by atoms with Gasteiger partial charge in [0.2, 0.25) is 0 Å². The average molecular weight is 355 g/mol. The molecule has 2 N–H and O–H groups in total. The summed E-state index contributed by atoms with van der Waals surface area (Å²) < 4.78 is 0. The highest BCUT2D eigenvalue weighted by molar-refractivity contribution is 6.16. The van der Waals surface area contributed by atoms with Crippen molar-refractivity contribution in [2.75, 3.05) is 18.0 Å². The Morgan fingerprint density at radius 3 is 2.19 bits per heavy atom. The van der Waals surface area contributed by atoms with Crippen molar-refractivity contribution in [3.8, 4) is 5.75 Å². The number of phenols is 1. The minimum Gasteiger partial charge on any atom is -0.505 e. The second kappa shape index (κ2) is 8.52. The van der Waals surface area contributed by atoms with Crippen molar-refractivity contribution in [2.24, 2.45) is 5.92 Å². The zero-order valence-electron chi connectivity index (χ0n) is 15.4. The third-order valence-electron chi connectivity index (χ3n) is 4.36. The molecule has 2 rings (SSSR count). The van der Waals surface area contributed by atoms with Gasteiger partial charge in [-0.3, -0.25) is 4.79 Å². The molecule has 0 spiro atoms. The van der Waals surface area contributed by atoms with Gasteiger partial charge in [0.1, 0.15) is 5.75 Å². The SMILES string of the molecule is CCN(CCC(C)C)c1cccc(C(=O)c2ccccc2C(=O)O)c1O. The molecule has 2 aromatic carbocycles. The molecule has 0 saturated carbocycles. The van der Waals surface area contributed by atoms with E-state index in [4.69, 9.17) is 0 Å². The van der Waals surface area contributed by atoms with Crippen molar-refractivity contribution in [2.45, 2.75) is 27.2 Å². The molecular formula is C21H25NO4. The summed E-state index contributed by atoms with van der Waals surface area (Å²) in [6.45, 7) is 7.73.